The van der Waals surface area contributed by atoms with Crippen LogP contribution in [0.4, 0.5) is 0 Å². The van der Waals surface area contributed by atoms with Crippen LogP contribution in [0.25, 0.3) is 6.08 Å². The van der Waals surface area contributed by atoms with E-state index in [9.17, 15) is 4.79 Å². The molecule has 0 saturated carbocycles. The second kappa shape index (κ2) is 5.56. The van der Waals surface area contributed by atoms with E-state index < -0.39 is 0 Å². The molecule has 0 atom stereocenters. The number of amides is 1. The third-order valence-corrected chi connectivity index (χ3v) is 1.98. The van der Waals surface area contributed by atoms with Gasteiger partial charge >= 0.3 is 0 Å². The highest BCUT2D eigenvalue weighted by atomic mass is 35.5. The van der Waals surface area contributed by atoms with Crippen molar-refractivity contribution in [2.45, 2.75) is 19.9 Å². The molecule has 0 heterocycles. The standard InChI is InChI=1S/C12H14ClNO/c1-9(2)14-12(15)8-5-10-3-6-11(13)7-4-10/h3-9H,1-2H3,(H,14,15). The molecule has 1 aromatic carbocycles. The molecule has 0 aromatic heterocycles. The molecule has 1 amide bonds. The fraction of sp³-hybridized carbons (Fsp3) is 0.250. The minimum absolute atomic E-state index is 0.0834. The van der Waals surface area contributed by atoms with Crippen LogP contribution in [0.3, 0.4) is 0 Å². The average Bonchev–Trinajstić information content (AvgIpc) is 2.16. The highest BCUT2D eigenvalue weighted by molar-refractivity contribution is 6.30. The molecule has 2 nitrogen and oxygen atoms in total. The maximum Gasteiger partial charge on any atom is 0.244 e. The molecular weight excluding hydrogens is 210 g/mol. The zero-order chi connectivity index (χ0) is 11.3. The summed E-state index contributed by atoms with van der Waals surface area (Å²) in [5.41, 5.74) is 0.957. The third kappa shape index (κ3) is 4.66. The molecule has 0 saturated heterocycles. The van der Waals surface area contributed by atoms with Gasteiger partial charge in [-0.3, -0.25) is 4.79 Å². The van der Waals surface area contributed by atoms with E-state index in [4.69, 9.17) is 11.6 Å². The van der Waals surface area contributed by atoms with Gasteiger partial charge in [0, 0.05) is 17.1 Å². The Morgan fingerprint density at radius 3 is 2.47 bits per heavy atom. The molecule has 3 heteroatoms. The molecule has 1 N–H and O–H groups in total. The van der Waals surface area contributed by atoms with E-state index in [2.05, 4.69) is 5.32 Å². The van der Waals surface area contributed by atoms with Crippen LogP contribution in [-0.2, 0) is 4.79 Å². The summed E-state index contributed by atoms with van der Waals surface area (Å²) in [6.45, 7) is 3.85. The van der Waals surface area contributed by atoms with Crippen molar-refractivity contribution in [1.29, 1.82) is 0 Å². The highest BCUT2D eigenvalue weighted by Gasteiger charge is 1.97. The van der Waals surface area contributed by atoms with E-state index >= 15 is 0 Å². The van der Waals surface area contributed by atoms with E-state index in [1.165, 1.54) is 6.08 Å². The summed E-state index contributed by atoms with van der Waals surface area (Å²) >= 11 is 5.74. The Morgan fingerprint density at radius 2 is 1.93 bits per heavy atom. The number of hydrogen-bond acceptors (Lipinski definition) is 1. The quantitative estimate of drug-likeness (QED) is 0.785. The number of rotatable bonds is 3. The van der Waals surface area contributed by atoms with Crippen molar-refractivity contribution in [1.82, 2.24) is 5.32 Å². The number of carbonyl (C=O) groups is 1. The molecule has 0 bridgehead atoms. The van der Waals surface area contributed by atoms with Crippen LogP contribution in [0.15, 0.2) is 30.3 Å². The van der Waals surface area contributed by atoms with Gasteiger partial charge in [0.25, 0.3) is 0 Å². The molecule has 15 heavy (non-hydrogen) atoms. The van der Waals surface area contributed by atoms with Crippen LogP contribution in [0.5, 0.6) is 0 Å². The van der Waals surface area contributed by atoms with Crippen molar-refractivity contribution in [2.75, 3.05) is 0 Å². The third-order valence-electron chi connectivity index (χ3n) is 1.73. The summed E-state index contributed by atoms with van der Waals surface area (Å²) in [6, 6.07) is 7.47. The first kappa shape index (κ1) is 11.8. The fourth-order valence-electron chi connectivity index (χ4n) is 1.08. The van der Waals surface area contributed by atoms with Gasteiger partial charge in [0.15, 0.2) is 0 Å². The first-order valence-corrected chi connectivity index (χ1v) is 5.20. The first-order chi connectivity index (χ1) is 7.08. The molecule has 0 unspecified atom stereocenters. The van der Waals surface area contributed by atoms with Gasteiger partial charge in [0.2, 0.25) is 5.91 Å². The first-order valence-electron chi connectivity index (χ1n) is 4.82. The smallest absolute Gasteiger partial charge is 0.244 e. The normalized spacial score (nSPS) is 10.9. The summed E-state index contributed by atoms with van der Waals surface area (Å²) < 4.78 is 0. The zero-order valence-corrected chi connectivity index (χ0v) is 9.58. The minimum Gasteiger partial charge on any atom is -0.350 e. The maximum atomic E-state index is 11.3. The van der Waals surface area contributed by atoms with Crippen molar-refractivity contribution in [3.63, 3.8) is 0 Å². The van der Waals surface area contributed by atoms with E-state index in [0.717, 1.165) is 5.56 Å². The maximum absolute atomic E-state index is 11.3. The summed E-state index contributed by atoms with van der Waals surface area (Å²) in [5, 5.41) is 3.47. The van der Waals surface area contributed by atoms with Gasteiger partial charge in [0.05, 0.1) is 0 Å². The lowest BCUT2D eigenvalue weighted by atomic mass is 10.2. The van der Waals surface area contributed by atoms with Gasteiger partial charge in [-0.1, -0.05) is 23.7 Å². The van der Waals surface area contributed by atoms with Gasteiger partial charge in [0.1, 0.15) is 0 Å². The Morgan fingerprint density at radius 1 is 1.33 bits per heavy atom. The van der Waals surface area contributed by atoms with Crippen LogP contribution in [0.1, 0.15) is 19.4 Å². The van der Waals surface area contributed by atoms with E-state index in [-0.39, 0.29) is 11.9 Å². The van der Waals surface area contributed by atoms with Crippen LogP contribution >= 0.6 is 11.6 Å². The van der Waals surface area contributed by atoms with Crippen molar-refractivity contribution in [3.05, 3.63) is 40.9 Å². The zero-order valence-electron chi connectivity index (χ0n) is 8.83. The number of halogens is 1. The molecule has 80 valence electrons. The molecule has 0 aliphatic heterocycles. The summed E-state index contributed by atoms with van der Waals surface area (Å²) in [4.78, 5) is 11.3. The summed E-state index contributed by atoms with van der Waals surface area (Å²) in [6.07, 6.45) is 3.28. The van der Waals surface area contributed by atoms with E-state index in [1.807, 2.05) is 26.0 Å². The molecule has 0 fully saturated rings. The monoisotopic (exact) mass is 223 g/mol. The van der Waals surface area contributed by atoms with Crippen LogP contribution in [0.2, 0.25) is 5.02 Å². The van der Waals surface area contributed by atoms with Crippen molar-refractivity contribution in [2.24, 2.45) is 0 Å². The summed E-state index contributed by atoms with van der Waals surface area (Å²) in [7, 11) is 0. The average molecular weight is 224 g/mol. The fourth-order valence-corrected chi connectivity index (χ4v) is 1.20. The molecule has 0 radical (unpaired) electrons. The molecule has 0 aliphatic rings. The lowest BCUT2D eigenvalue weighted by Crippen LogP contribution is -2.28. The van der Waals surface area contributed by atoms with E-state index in [0.29, 0.717) is 5.02 Å². The minimum atomic E-state index is -0.0834. The number of benzene rings is 1. The number of hydrogen-bond donors (Lipinski definition) is 1. The Hall–Kier alpha value is -1.28. The number of carbonyl (C=O) groups excluding carboxylic acids is 1. The Balaban J connectivity index is 2.57. The van der Waals surface area contributed by atoms with Crippen molar-refractivity contribution in [3.8, 4) is 0 Å². The molecule has 1 aromatic rings. The van der Waals surface area contributed by atoms with Gasteiger partial charge in [-0.05, 0) is 37.6 Å². The van der Waals surface area contributed by atoms with Gasteiger partial charge in [-0.25, -0.2) is 0 Å². The van der Waals surface area contributed by atoms with Crippen LogP contribution in [0, 0.1) is 0 Å². The van der Waals surface area contributed by atoms with Gasteiger partial charge < -0.3 is 5.32 Å². The van der Waals surface area contributed by atoms with Crippen molar-refractivity contribution >= 4 is 23.6 Å². The molecule has 1 rings (SSSR count). The second-order valence-electron chi connectivity index (χ2n) is 3.55. The predicted octanol–water partition coefficient (Wildman–Crippen LogP) is 2.88. The predicted molar refractivity (Wildman–Crippen MR) is 63.8 cm³/mol. The lowest BCUT2D eigenvalue weighted by molar-refractivity contribution is -0.116. The second-order valence-corrected chi connectivity index (χ2v) is 3.98. The molecule has 0 aliphatic carbocycles. The summed E-state index contributed by atoms with van der Waals surface area (Å²) in [5.74, 6) is -0.0834. The Kier molecular flexibility index (Phi) is 4.37. The van der Waals surface area contributed by atoms with Gasteiger partial charge in [-0.15, -0.1) is 0 Å². The Bertz CT molecular complexity index is 354. The lowest BCUT2D eigenvalue weighted by Gasteiger charge is -2.03. The van der Waals surface area contributed by atoms with Crippen LogP contribution in [-0.4, -0.2) is 11.9 Å². The Labute approximate surface area is 94.9 Å². The molecule has 0 spiro atoms. The molecular formula is C12H14ClNO. The largest absolute Gasteiger partial charge is 0.350 e. The SMILES string of the molecule is CC(C)NC(=O)C=Cc1ccc(Cl)cc1. The number of nitrogens with one attached hydrogen (secondary N) is 1. The van der Waals surface area contributed by atoms with Crippen molar-refractivity contribution < 1.29 is 4.79 Å². The van der Waals surface area contributed by atoms with Crippen LogP contribution < -0.4 is 5.32 Å². The highest BCUT2D eigenvalue weighted by Crippen LogP contribution is 2.10. The topological polar surface area (TPSA) is 29.1 Å². The van der Waals surface area contributed by atoms with Gasteiger partial charge in [-0.2, -0.15) is 0 Å². The van der Waals surface area contributed by atoms with E-state index in [1.54, 1.807) is 18.2 Å².